The largest absolute Gasteiger partial charge is 0.482 e. The first-order valence-electron chi connectivity index (χ1n) is 11.2. The summed E-state index contributed by atoms with van der Waals surface area (Å²) in [6, 6.07) is 7.55. The number of hydrogen-bond acceptors (Lipinski definition) is 5. The molecule has 33 heavy (non-hydrogen) atoms. The van der Waals surface area contributed by atoms with Crippen LogP contribution in [0.3, 0.4) is 0 Å². The maximum Gasteiger partial charge on any atom is 0.339 e. The van der Waals surface area contributed by atoms with Gasteiger partial charge in [0.2, 0.25) is 0 Å². The van der Waals surface area contributed by atoms with Crippen LogP contribution in [0.4, 0.5) is 0 Å². The molecule has 0 spiro atoms. The summed E-state index contributed by atoms with van der Waals surface area (Å²) in [7, 11) is 0. The van der Waals surface area contributed by atoms with Gasteiger partial charge < -0.3 is 19.7 Å². The number of fused-ring (bicyclic) bond motifs is 3. The number of aliphatic carboxylic acids is 1. The van der Waals surface area contributed by atoms with E-state index < -0.39 is 29.9 Å². The number of carbonyl (C=O) groups is 3. The molecule has 2 aromatic carbocycles. The van der Waals surface area contributed by atoms with E-state index in [9.17, 15) is 19.5 Å². The zero-order valence-corrected chi connectivity index (χ0v) is 19.5. The quantitative estimate of drug-likeness (QED) is 0.293. The van der Waals surface area contributed by atoms with Gasteiger partial charge in [0.05, 0.1) is 18.4 Å². The van der Waals surface area contributed by atoms with Gasteiger partial charge >= 0.3 is 17.9 Å². The lowest BCUT2D eigenvalue weighted by Crippen LogP contribution is -2.30. The van der Waals surface area contributed by atoms with Gasteiger partial charge in [-0.1, -0.05) is 43.5 Å². The Morgan fingerprint density at radius 1 is 1.06 bits per heavy atom. The molecule has 0 atom stereocenters. The van der Waals surface area contributed by atoms with Crippen LogP contribution in [0.5, 0.6) is 11.5 Å². The van der Waals surface area contributed by atoms with E-state index in [0.717, 1.165) is 36.0 Å². The predicted octanol–water partition coefficient (Wildman–Crippen LogP) is 5.49. The Morgan fingerprint density at radius 2 is 1.79 bits per heavy atom. The van der Waals surface area contributed by atoms with E-state index in [0.29, 0.717) is 23.3 Å². The summed E-state index contributed by atoms with van der Waals surface area (Å²) in [6.45, 7) is 7.86. The molecular weight excluding hydrogens is 424 g/mol. The highest BCUT2D eigenvalue weighted by molar-refractivity contribution is 6.00. The maximum absolute atomic E-state index is 12.5. The number of aryl methyl sites for hydroxylation is 2. The number of carboxylic acids is 2. The van der Waals surface area contributed by atoms with Crippen LogP contribution in [0, 0.1) is 6.92 Å². The lowest BCUT2D eigenvalue weighted by Gasteiger charge is -2.36. The first-order chi connectivity index (χ1) is 15.5. The molecule has 7 nitrogen and oxygen atoms in total. The third-order valence-corrected chi connectivity index (χ3v) is 5.81. The maximum atomic E-state index is 12.5. The highest BCUT2D eigenvalue weighted by Crippen LogP contribution is 2.52. The average Bonchev–Trinajstić information content (AvgIpc) is 2.71. The summed E-state index contributed by atoms with van der Waals surface area (Å²) in [5.41, 5.74) is 2.74. The number of unbranched alkanes of at least 4 members (excludes halogenated alkanes) is 2. The monoisotopic (exact) mass is 454 g/mol. The minimum Gasteiger partial charge on any atom is -0.482 e. The van der Waals surface area contributed by atoms with Crippen LogP contribution in [-0.2, 0) is 21.6 Å². The van der Waals surface area contributed by atoms with Crippen LogP contribution >= 0.6 is 0 Å². The molecule has 176 valence electrons. The van der Waals surface area contributed by atoms with Crippen molar-refractivity contribution in [2.75, 3.05) is 0 Å². The highest BCUT2D eigenvalue weighted by Gasteiger charge is 2.37. The summed E-state index contributed by atoms with van der Waals surface area (Å²) in [6.07, 6.45) is 2.40. The van der Waals surface area contributed by atoms with E-state index in [4.69, 9.17) is 14.6 Å². The number of carboxylic acid groups (broad SMARTS) is 2. The number of aromatic carboxylic acids is 1. The van der Waals surface area contributed by atoms with Crippen molar-refractivity contribution in [3.63, 3.8) is 0 Å². The summed E-state index contributed by atoms with van der Waals surface area (Å²) < 4.78 is 11.9. The molecular formula is C26H30O7. The van der Waals surface area contributed by atoms with Crippen molar-refractivity contribution in [1.29, 1.82) is 0 Å². The van der Waals surface area contributed by atoms with Crippen molar-refractivity contribution in [2.24, 2.45) is 0 Å². The van der Waals surface area contributed by atoms with Gasteiger partial charge in [0, 0.05) is 5.56 Å². The van der Waals surface area contributed by atoms with E-state index in [2.05, 4.69) is 6.92 Å². The van der Waals surface area contributed by atoms with Gasteiger partial charge in [0.25, 0.3) is 0 Å². The molecule has 0 saturated heterocycles. The van der Waals surface area contributed by atoms with E-state index in [-0.39, 0.29) is 17.7 Å². The smallest absolute Gasteiger partial charge is 0.339 e. The van der Waals surface area contributed by atoms with Crippen LogP contribution in [-0.4, -0.2) is 28.1 Å². The Labute approximate surface area is 193 Å². The van der Waals surface area contributed by atoms with Crippen LogP contribution in [0.1, 0.15) is 79.9 Å². The number of rotatable bonds is 9. The van der Waals surface area contributed by atoms with Crippen molar-refractivity contribution in [2.45, 2.75) is 71.8 Å². The van der Waals surface area contributed by atoms with Crippen molar-refractivity contribution < 1.29 is 34.1 Å². The van der Waals surface area contributed by atoms with Crippen LogP contribution in [0.25, 0.3) is 11.1 Å². The highest BCUT2D eigenvalue weighted by atomic mass is 16.5. The molecule has 0 aromatic heterocycles. The molecule has 1 heterocycles. The fourth-order valence-electron chi connectivity index (χ4n) is 4.21. The third kappa shape index (κ3) is 5.18. The summed E-state index contributed by atoms with van der Waals surface area (Å²) in [5, 5.41) is 19.0. The second-order valence-electron chi connectivity index (χ2n) is 8.90. The van der Waals surface area contributed by atoms with Crippen LogP contribution in [0.2, 0.25) is 0 Å². The average molecular weight is 455 g/mol. The second kappa shape index (κ2) is 9.65. The Morgan fingerprint density at radius 3 is 2.42 bits per heavy atom. The third-order valence-electron chi connectivity index (χ3n) is 5.81. The Hall–Kier alpha value is -3.35. The number of carbonyl (C=O) groups excluding carboxylic acids is 1. The van der Waals surface area contributed by atoms with E-state index in [1.54, 1.807) is 6.07 Å². The fraction of sp³-hybridized carbons (Fsp3) is 0.423. The fourth-order valence-corrected chi connectivity index (χ4v) is 4.21. The predicted molar refractivity (Wildman–Crippen MR) is 123 cm³/mol. The minimum absolute atomic E-state index is 0.0794. The molecule has 2 aromatic rings. The van der Waals surface area contributed by atoms with Gasteiger partial charge in [-0.2, -0.15) is 0 Å². The van der Waals surface area contributed by atoms with Gasteiger partial charge in [-0.15, -0.1) is 0 Å². The molecule has 0 bridgehead atoms. The molecule has 0 fully saturated rings. The lowest BCUT2D eigenvalue weighted by atomic mass is 9.83. The first kappa shape index (κ1) is 24.3. The molecule has 0 aliphatic carbocycles. The van der Waals surface area contributed by atoms with Gasteiger partial charge in [0.1, 0.15) is 16.9 Å². The Kier molecular flexibility index (Phi) is 7.10. The summed E-state index contributed by atoms with van der Waals surface area (Å²) in [4.78, 5) is 35.8. The first-order valence-corrected chi connectivity index (χ1v) is 11.2. The zero-order chi connectivity index (χ0) is 24.3. The molecule has 0 amide bonds. The lowest BCUT2D eigenvalue weighted by molar-refractivity contribution is -0.142. The van der Waals surface area contributed by atoms with Crippen molar-refractivity contribution in [1.82, 2.24) is 0 Å². The second-order valence-corrected chi connectivity index (χ2v) is 8.90. The molecule has 2 N–H and O–H groups in total. The molecule has 0 radical (unpaired) electrons. The Bertz CT molecular complexity index is 1100. The minimum atomic E-state index is -1.20. The SMILES string of the molecule is CCCCCc1cc2c(c(OC(=O)CCC(=O)O)c1C(=O)O)-c1cc(C)ccc1C(C)(C)O2. The Balaban J connectivity index is 2.25. The number of ether oxygens (including phenoxy) is 2. The molecule has 1 aliphatic rings. The summed E-state index contributed by atoms with van der Waals surface area (Å²) in [5.74, 6) is -2.76. The van der Waals surface area contributed by atoms with Gasteiger partial charge in [-0.25, -0.2) is 4.79 Å². The topological polar surface area (TPSA) is 110 Å². The molecule has 0 unspecified atom stereocenters. The van der Waals surface area contributed by atoms with Gasteiger partial charge in [-0.3, -0.25) is 9.59 Å². The van der Waals surface area contributed by atoms with E-state index in [1.807, 2.05) is 39.0 Å². The molecule has 1 aliphatic heterocycles. The molecule has 3 rings (SSSR count). The molecule has 7 heteroatoms. The van der Waals surface area contributed by atoms with Crippen LogP contribution < -0.4 is 9.47 Å². The number of esters is 1. The van der Waals surface area contributed by atoms with Crippen molar-refractivity contribution >= 4 is 17.9 Å². The van der Waals surface area contributed by atoms with Gasteiger partial charge in [0.15, 0.2) is 5.75 Å². The van der Waals surface area contributed by atoms with E-state index >= 15 is 0 Å². The number of benzene rings is 2. The standard InChI is InChI=1S/C26H30O7/c1-5-6-7-8-16-14-19-23(17-13-15(2)9-10-18(17)26(3,4)33-19)24(22(16)25(30)31)32-21(29)12-11-20(27)28/h9-10,13-14H,5-8,11-12H2,1-4H3,(H,27,28)(H,30,31). The molecule has 0 saturated carbocycles. The van der Waals surface area contributed by atoms with Crippen LogP contribution in [0.15, 0.2) is 24.3 Å². The zero-order valence-electron chi connectivity index (χ0n) is 19.5. The number of hydrogen-bond donors (Lipinski definition) is 2. The van der Waals surface area contributed by atoms with Crippen molar-refractivity contribution in [3.05, 3.63) is 46.5 Å². The van der Waals surface area contributed by atoms with E-state index in [1.165, 1.54) is 0 Å². The van der Waals surface area contributed by atoms with Crippen molar-refractivity contribution in [3.8, 4) is 22.6 Å². The van der Waals surface area contributed by atoms with Gasteiger partial charge in [-0.05, 0) is 50.8 Å². The normalized spacial score (nSPS) is 13.5. The summed E-state index contributed by atoms with van der Waals surface area (Å²) >= 11 is 0.